The van der Waals surface area contributed by atoms with Gasteiger partial charge in [-0.2, -0.15) is 5.10 Å². The van der Waals surface area contributed by atoms with Gasteiger partial charge in [0.25, 0.3) is 5.91 Å². The van der Waals surface area contributed by atoms with Crippen LogP contribution in [0.15, 0.2) is 30.3 Å². The number of para-hydroxylation sites is 1. The number of hydrogen-bond acceptors (Lipinski definition) is 6. The minimum Gasteiger partial charge on any atom is -0.364 e. The van der Waals surface area contributed by atoms with Crippen LogP contribution in [-0.2, 0) is 11.2 Å². The lowest BCUT2D eigenvalue weighted by Crippen LogP contribution is -2.17. The Balaban J connectivity index is 1.69. The van der Waals surface area contributed by atoms with Crippen LogP contribution in [0.5, 0.6) is 0 Å². The highest BCUT2D eigenvalue weighted by molar-refractivity contribution is 7.20. The van der Waals surface area contributed by atoms with E-state index in [2.05, 4.69) is 25.8 Å². The summed E-state index contributed by atoms with van der Waals surface area (Å²) in [5, 5.41) is 13.7. The van der Waals surface area contributed by atoms with E-state index in [0.717, 1.165) is 22.6 Å². The number of carbonyl (C=O) groups is 2. The molecule has 0 aliphatic heterocycles. The molecule has 2 aromatic heterocycles. The Labute approximate surface area is 160 Å². The fraction of sp³-hybridized carbons (Fsp3) is 0.222. The highest BCUT2D eigenvalue weighted by Gasteiger charge is 2.18. The number of H-pyrrole nitrogens is 1. The monoisotopic (exact) mass is 384 g/mol. The third-order valence-corrected chi connectivity index (χ3v) is 4.91. The highest BCUT2D eigenvalue weighted by Crippen LogP contribution is 2.30. The summed E-state index contributed by atoms with van der Waals surface area (Å²) < 4.78 is 0. The predicted octanol–water partition coefficient (Wildman–Crippen LogP) is 2.90. The lowest BCUT2D eigenvalue weighted by Gasteiger charge is -2.04. The zero-order valence-electron chi connectivity index (χ0n) is 15.0. The number of aromatic amines is 1. The summed E-state index contributed by atoms with van der Waals surface area (Å²) in [5.74, 6) is -0.906. The maximum atomic E-state index is 12.3. The van der Waals surface area contributed by atoms with Crippen LogP contribution in [0.2, 0.25) is 0 Å². The van der Waals surface area contributed by atoms with E-state index in [0.29, 0.717) is 16.6 Å². The summed E-state index contributed by atoms with van der Waals surface area (Å²) in [6.07, 6.45) is 0.818. The number of benzene rings is 1. The molecule has 0 atom stereocenters. The fourth-order valence-electron chi connectivity index (χ4n) is 2.64. The maximum Gasteiger partial charge on any atom is 0.270 e. The van der Waals surface area contributed by atoms with Gasteiger partial charge in [-0.05, 0) is 38.0 Å². The number of anilines is 3. The van der Waals surface area contributed by atoms with Crippen LogP contribution in [0.25, 0.3) is 0 Å². The van der Waals surface area contributed by atoms with Crippen molar-refractivity contribution < 1.29 is 9.59 Å². The average Bonchev–Trinajstić information content (AvgIpc) is 3.17. The average molecular weight is 384 g/mol. The molecular weight excluding hydrogens is 364 g/mol. The zero-order chi connectivity index (χ0) is 19.4. The molecule has 0 fully saturated rings. The Kier molecular flexibility index (Phi) is 5.51. The molecule has 9 heteroatoms. The van der Waals surface area contributed by atoms with Gasteiger partial charge in [-0.25, -0.2) is 4.98 Å². The standard InChI is InChI=1S/C18H20N6O2S/c1-10-13(11(2)24-23-10)8-9-14(25)21-17-15(16(19)26)22-18(27-17)20-12-6-4-3-5-7-12/h3-7H,8-9H2,1-2H3,(H2,19,26)(H,20,22)(H,21,25)(H,23,24). The van der Waals surface area contributed by atoms with Crippen LogP contribution in [0.3, 0.4) is 0 Å². The topological polar surface area (TPSA) is 126 Å². The van der Waals surface area contributed by atoms with Crippen molar-refractivity contribution in [2.45, 2.75) is 26.7 Å². The van der Waals surface area contributed by atoms with Gasteiger partial charge in [0, 0.05) is 17.8 Å². The molecule has 0 radical (unpaired) electrons. The molecule has 0 bridgehead atoms. The van der Waals surface area contributed by atoms with Crippen molar-refractivity contribution in [3.05, 3.63) is 53.0 Å². The van der Waals surface area contributed by atoms with Crippen LogP contribution in [0.4, 0.5) is 15.8 Å². The van der Waals surface area contributed by atoms with Gasteiger partial charge >= 0.3 is 0 Å². The number of nitrogens with two attached hydrogens (primary N) is 1. The van der Waals surface area contributed by atoms with Crippen molar-refractivity contribution >= 4 is 39.0 Å². The van der Waals surface area contributed by atoms with E-state index in [1.54, 1.807) is 0 Å². The van der Waals surface area contributed by atoms with E-state index in [1.807, 2.05) is 44.2 Å². The molecule has 8 nitrogen and oxygen atoms in total. The Hall–Kier alpha value is -3.20. The second kappa shape index (κ2) is 8.00. The zero-order valence-corrected chi connectivity index (χ0v) is 15.8. The summed E-state index contributed by atoms with van der Waals surface area (Å²) in [6, 6.07) is 9.41. The maximum absolute atomic E-state index is 12.3. The Morgan fingerprint density at radius 1 is 1.22 bits per heavy atom. The van der Waals surface area contributed by atoms with Gasteiger partial charge < -0.3 is 16.4 Å². The smallest absolute Gasteiger partial charge is 0.270 e. The minimum absolute atomic E-state index is 0.0439. The molecule has 1 aromatic carbocycles. The molecule has 0 saturated carbocycles. The van der Waals surface area contributed by atoms with Gasteiger partial charge in [-0.15, -0.1) is 0 Å². The first-order valence-corrected chi connectivity index (χ1v) is 9.18. The van der Waals surface area contributed by atoms with Gasteiger partial charge in [0.15, 0.2) is 10.8 Å². The van der Waals surface area contributed by atoms with Crippen molar-refractivity contribution in [1.82, 2.24) is 15.2 Å². The van der Waals surface area contributed by atoms with Crippen molar-refractivity contribution in [3.8, 4) is 0 Å². The van der Waals surface area contributed by atoms with E-state index in [4.69, 9.17) is 5.73 Å². The number of nitrogens with one attached hydrogen (secondary N) is 3. The summed E-state index contributed by atoms with van der Waals surface area (Å²) in [7, 11) is 0. The van der Waals surface area contributed by atoms with E-state index in [9.17, 15) is 9.59 Å². The van der Waals surface area contributed by atoms with Gasteiger partial charge in [0.1, 0.15) is 5.00 Å². The molecule has 3 aromatic rings. The van der Waals surface area contributed by atoms with Crippen molar-refractivity contribution in [2.24, 2.45) is 5.73 Å². The summed E-state index contributed by atoms with van der Waals surface area (Å²) in [6.45, 7) is 3.82. The molecule has 3 rings (SSSR count). The SMILES string of the molecule is Cc1n[nH]c(C)c1CCC(=O)Nc1sc(Nc2ccccc2)nc1C(N)=O. The first-order valence-electron chi connectivity index (χ1n) is 8.37. The predicted molar refractivity (Wildman–Crippen MR) is 105 cm³/mol. The summed E-state index contributed by atoms with van der Waals surface area (Å²) in [4.78, 5) is 28.2. The Bertz CT molecular complexity index is 944. The summed E-state index contributed by atoms with van der Waals surface area (Å²) >= 11 is 1.17. The van der Waals surface area contributed by atoms with E-state index in [-0.39, 0.29) is 18.0 Å². The molecule has 140 valence electrons. The van der Waals surface area contributed by atoms with Crippen LogP contribution >= 0.6 is 11.3 Å². The molecule has 5 N–H and O–H groups in total. The number of rotatable bonds is 7. The van der Waals surface area contributed by atoms with Crippen molar-refractivity contribution in [1.29, 1.82) is 0 Å². The largest absolute Gasteiger partial charge is 0.364 e. The van der Waals surface area contributed by atoms with E-state index >= 15 is 0 Å². The number of nitrogens with zero attached hydrogens (tertiary/aromatic N) is 2. The van der Waals surface area contributed by atoms with Gasteiger partial charge in [-0.3, -0.25) is 14.7 Å². The number of primary amides is 1. The number of aromatic nitrogens is 3. The third kappa shape index (κ3) is 4.50. The van der Waals surface area contributed by atoms with Gasteiger partial charge in [0.05, 0.1) is 5.69 Å². The van der Waals surface area contributed by atoms with E-state index in [1.165, 1.54) is 11.3 Å². The summed E-state index contributed by atoms with van der Waals surface area (Å²) in [5.41, 5.74) is 9.12. The van der Waals surface area contributed by atoms with Crippen LogP contribution in [0.1, 0.15) is 33.9 Å². The molecule has 0 spiro atoms. The van der Waals surface area contributed by atoms with Gasteiger partial charge in [0.2, 0.25) is 5.91 Å². The number of hydrogen-bond donors (Lipinski definition) is 4. The van der Waals surface area contributed by atoms with Crippen LogP contribution < -0.4 is 16.4 Å². The Morgan fingerprint density at radius 2 is 1.96 bits per heavy atom. The number of carbonyl (C=O) groups excluding carboxylic acids is 2. The fourth-order valence-corrected chi connectivity index (χ4v) is 3.55. The highest BCUT2D eigenvalue weighted by atomic mass is 32.1. The first-order chi connectivity index (χ1) is 12.9. The molecule has 2 heterocycles. The molecule has 0 unspecified atom stereocenters. The van der Waals surface area contributed by atoms with Gasteiger partial charge in [-0.1, -0.05) is 29.5 Å². The number of amides is 2. The lowest BCUT2D eigenvalue weighted by atomic mass is 10.1. The molecule has 0 saturated heterocycles. The van der Waals surface area contributed by atoms with Crippen LogP contribution in [0, 0.1) is 13.8 Å². The second-order valence-electron chi connectivity index (χ2n) is 6.01. The van der Waals surface area contributed by atoms with Crippen molar-refractivity contribution in [3.63, 3.8) is 0 Å². The second-order valence-corrected chi connectivity index (χ2v) is 7.01. The normalized spacial score (nSPS) is 10.6. The number of aryl methyl sites for hydroxylation is 2. The molecule has 0 aliphatic rings. The molecule has 0 aliphatic carbocycles. The first kappa shape index (κ1) is 18.6. The Morgan fingerprint density at radius 3 is 2.59 bits per heavy atom. The molecule has 27 heavy (non-hydrogen) atoms. The third-order valence-electron chi connectivity index (χ3n) is 4.02. The minimum atomic E-state index is -0.691. The van der Waals surface area contributed by atoms with Crippen molar-refractivity contribution in [2.75, 3.05) is 10.6 Å². The van der Waals surface area contributed by atoms with Crippen LogP contribution in [-0.4, -0.2) is 27.0 Å². The number of thiazole rings is 1. The quantitative estimate of drug-likeness (QED) is 0.498. The van der Waals surface area contributed by atoms with E-state index < -0.39 is 5.91 Å². The molecular formula is C18H20N6O2S. The lowest BCUT2D eigenvalue weighted by molar-refractivity contribution is -0.116. The molecule has 2 amide bonds.